The summed E-state index contributed by atoms with van der Waals surface area (Å²) < 4.78 is 24.0. The summed E-state index contributed by atoms with van der Waals surface area (Å²) in [5.74, 6) is 0.929. The summed E-state index contributed by atoms with van der Waals surface area (Å²) in [6.45, 7) is 6.91. The van der Waals surface area contributed by atoms with E-state index in [9.17, 15) is 4.39 Å². The van der Waals surface area contributed by atoms with E-state index in [0.29, 0.717) is 31.4 Å². The van der Waals surface area contributed by atoms with Crippen LogP contribution in [0.3, 0.4) is 0 Å². The number of rotatable bonds is 9. The fraction of sp³-hybridized carbons (Fsp3) is 0.600. The summed E-state index contributed by atoms with van der Waals surface area (Å²) in [5, 5.41) is 3.18. The van der Waals surface area contributed by atoms with Gasteiger partial charge in [0.25, 0.3) is 0 Å². The van der Waals surface area contributed by atoms with Gasteiger partial charge in [0.05, 0.1) is 13.2 Å². The van der Waals surface area contributed by atoms with Crippen molar-refractivity contribution < 1.29 is 13.9 Å². The molecule has 0 saturated carbocycles. The van der Waals surface area contributed by atoms with Crippen LogP contribution in [-0.2, 0) is 11.3 Å². The van der Waals surface area contributed by atoms with Crippen molar-refractivity contribution in [2.45, 2.75) is 26.8 Å². The van der Waals surface area contributed by atoms with Gasteiger partial charge in [-0.05, 0) is 30.0 Å². The SMILES string of the molecule is COCCNCc1cc(F)cc(OCCC(C)C)c1. The molecule has 0 spiro atoms. The molecule has 19 heavy (non-hydrogen) atoms. The van der Waals surface area contributed by atoms with E-state index < -0.39 is 0 Å². The van der Waals surface area contributed by atoms with Crippen molar-refractivity contribution in [2.75, 3.05) is 26.9 Å². The lowest BCUT2D eigenvalue weighted by Crippen LogP contribution is -2.18. The van der Waals surface area contributed by atoms with Gasteiger partial charge in [-0.1, -0.05) is 13.8 Å². The first-order valence-corrected chi connectivity index (χ1v) is 6.73. The van der Waals surface area contributed by atoms with Crippen molar-refractivity contribution in [3.8, 4) is 5.75 Å². The molecule has 0 bridgehead atoms. The van der Waals surface area contributed by atoms with Gasteiger partial charge in [0.1, 0.15) is 11.6 Å². The van der Waals surface area contributed by atoms with Gasteiger partial charge >= 0.3 is 0 Å². The highest BCUT2D eigenvalue weighted by molar-refractivity contribution is 5.29. The number of nitrogens with one attached hydrogen (secondary N) is 1. The number of hydrogen-bond acceptors (Lipinski definition) is 3. The van der Waals surface area contributed by atoms with E-state index in [-0.39, 0.29) is 5.82 Å². The molecule has 0 aliphatic carbocycles. The summed E-state index contributed by atoms with van der Waals surface area (Å²) in [6, 6.07) is 4.83. The molecule has 0 aromatic heterocycles. The Morgan fingerprint density at radius 2 is 2.00 bits per heavy atom. The average Bonchev–Trinajstić information content (AvgIpc) is 2.34. The van der Waals surface area contributed by atoms with Crippen LogP contribution in [-0.4, -0.2) is 26.9 Å². The highest BCUT2D eigenvalue weighted by Gasteiger charge is 2.03. The minimum Gasteiger partial charge on any atom is -0.493 e. The molecule has 108 valence electrons. The molecule has 1 rings (SSSR count). The molecular weight excluding hydrogens is 245 g/mol. The number of benzene rings is 1. The Morgan fingerprint density at radius 1 is 1.21 bits per heavy atom. The number of hydrogen-bond donors (Lipinski definition) is 1. The predicted octanol–water partition coefficient (Wildman–Crippen LogP) is 2.99. The lowest BCUT2D eigenvalue weighted by molar-refractivity contribution is 0.199. The molecule has 0 saturated heterocycles. The van der Waals surface area contributed by atoms with Gasteiger partial charge in [-0.2, -0.15) is 0 Å². The maximum Gasteiger partial charge on any atom is 0.127 e. The Hall–Kier alpha value is -1.13. The third-order valence-corrected chi connectivity index (χ3v) is 2.71. The first-order valence-electron chi connectivity index (χ1n) is 6.73. The predicted molar refractivity (Wildman–Crippen MR) is 74.9 cm³/mol. The summed E-state index contributed by atoms with van der Waals surface area (Å²) in [7, 11) is 1.66. The smallest absolute Gasteiger partial charge is 0.127 e. The second-order valence-corrected chi connectivity index (χ2v) is 5.00. The zero-order chi connectivity index (χ0) is 14.1. The van der Waals surface area contributed by atoms with Gasteiger partial charge < -0.3 is 14.8 Å². The van der Waals surface area contributed by atoms with E-state index in [0.717, 1.165) is 18.5 Å². The van der Waals surface area contributed by atoms with Crippen molar-refractivity contribution in [1.82, 2.24) is 5.32 Å². The topological polar surface area (TPSA) is 30.5 Å². The average molecular weight is 269 g/mol. The molecule has 0 aliphatic heterocycles. The summed E-state index contributed by atoms with van der Waals surface area (Å²) in [4.78, 5) is 0. The van der Waals surface area contributed by atoms with Crippen LogP contribution < -0.4 is 10.1 Å². The van der Waals surface area contributed by atoms with E-state index in [1.165, 1.54) is 12.1 Å². The van der Waals surface area contributed by atoms with Gasteiger partial charge in [0.15, 0.2) is 0 Å². The second-order valence-electron chi connectivity index (χ2n) is 5.00. The quantitative estimate of drug-likeness (QED) is 0.699. The van der Waals surface area contributed by atoms with Crippen LogP contribution in [0, 0.1) is 11.7 Å². The Labute approximate surface area is 115 Å². The van der Waals surface area contributed by atoms with E-state index in [1.54, 1.807) is 7.11 Å². The van der Waals surface area contributed by atoms with Gasteiger partial charge in [-0.15, -0.1) is 0 Å². The molecule has 4 heteroatoms. The molecular formula is C15H24FNO2. The molecule has 0 radical (unpaired) electrons. The zero-order valence-corrected chi connectivity index (χ0v) is 12.0. The minimum atomic E-state index is -0.259. The van der Waals surface area contributed by atoms with Crippen LogP contribution in [0.5, 0.6) is 5.75 Å². The van der Waals surface area contributed by atoms with Crippen LogP contribution in [0.1, 0.15) is 25.8 Å². The summed E-state index contributed by atoms with van der Waals surface area (Å²) in [6.07, 6.45) is 0.970. The van der Waals surface area contributed by atoms with E-state index in [1.807, 2.05) is 6.07 Å². The molecule has 3 nitrogen and oxygen atoms in total. The number of ether oxygens (including phenoxy) is 2. The maximum atomic E-state index is 13.5. The highest BCUT2D eigenvalue weighted by Crippen LogP contribution is 2.17. The van der Waals surface area contributed by atoms with E-state index in [4.69, 9.17) is 9.47 Å². The van der Waals surface area contributed by atoms with Crippen LogP contribution in [0.2, 0.25) is 0 Å². The molecule has 0 atom stereocenters. The second kappa shape index (κ2) is 8.88. The minimum absolute atomic E-state index is 0.259. The first-order chi connectivity index (χ1) is 9.11. The van der Waals surface area contributed by atoms with Crippen LogP contribution >= 0.6 is 0 Å². The highest BCUT2D eigenvalue weighted by atomic mass is 19.1. The molecule has 0 heterocycles. The van der Waals surface area contributed by atoms with Crippen molar-refractivity contribution in [3.05, 3.63) is 29.6 Å². The Morgan fingerprint density at radius 3 is 2.68 bits per heavy atom. The number of methoxy groups -OCH3 is 1. The van der Waals surface area contributed by atoms with Crippen molar-refractivity contribution in [1.29, 1.82) is 0 Å². The molecule has 0 unspecified atom stereocenters. The Balaban J connectivity index is 2.46. The van der Waals surface area contributed by atoms with Crippen molar-refractivity contribution in [2.24, 2.45) is 5.92 Å². The standard InChI is InChI=1S/C15H24FNO2/c1-12(2)4-6-19-15-9-13(8-14(16)10-15)11-17-5-7-18-3/h8-10,12,17H,4-7,11H2,1-3H3. The summed E-state index contributed by atoms with van der Waals surface area (Å²) >= 11 is 0. The molecule has 1 N–H and O–H groups in total. The molecule has 0 aliphatic rings. The normalized spacial score (nSPS) is 11.0. The van der Waals surface area contributed by atoms with Gasteiger partial charge in [0.2, 0.25) is 0 Å². The van der Waals surface area contributed by atoms with Crippen LogP contribution in [0.4, 0.5) is 4.39 Å². The fourth-order valence-corrected chi connectivity index (χ4v) is 1.63. The largest absolute Gasteiger partial charge is 0.493 e. The third kappa shape index (κ3) is 7.13. The molecule has 0 fully saturated rings. The van der Waals surface area contributed by atoms with Gasteiger partial charge in [-0.3, -0.25) is 0 Å². The molecule has 1 aromatic carbocycles. The summed E-state index contributed by atoms with van der Waals surface area (Å²) in [5.41, 5.74) is 0.885. The zero-order valence-electron chi connectivity index (χ0n) is 12.0. The van der Waals surface area contributed by atoms with Gasteiger partial charge in [0, 0.05) is 26.3 Å². The van der Waals surface area contributed by atoms with E-state index in [2.05, 4.69) is 19.2 Å². The first kappa shape index (κ1) is 15.9. The lowest BCUT2D eigenvalue weighted by Gasteiger charge is -2.10. The van der Waals surface area contributed by atoms with Crippen molar-refractivity contribution >= 4 is 0 Å². The van der Waals surface area contributed by atoms with Crippen LogP contribution in [0.15, 0.2) is 18.2 Å². The fourth-order valence-electron chi connectivity index (χ4n) is 1.63. The van der Waals surface area contributed by atoms with Crippen molar-refractivity contribution in [3.63, 3.8) is 0 Å². The van der Waals surface area contributed by atoms with Gasteiger partial charge in [-0.25, -0.2) is 4.39 Å². The van der Waals surface area contributed by atoms with E-state index >= 15 is 0 Å². The Kier molecular flexibility index (Phi) is 7.45. The van der Waals surface area contributed by atoms with Crippen LogP contribution in [0.25, 0.3) is 0 Å². The lowest BCUT2D eigenvalue weighted by atomic mass is 10.1. The molecule has 0 amide bonds. The maximum absolute atomic E-state index is 13.5. The Bertz CT molecular complexity index is 369. The monoisotopic (exact) mass is 269 g/mol. The third-order valence-electron chi connectivity index (χ3n) is 2.71. The molecule has 1 aromatic rings. The number of halogens is 1.